The first-order valence-corrected chi connectivity index (χ1v) is 5.29. The molecule has 2 saturated carbocycles. The van der Waals surface area contributed by atoms with E-state index in [2.05, 4.69) is 10.5 Å². The molecule has 0 aromatic heterocycles. The summed E-state index contributed by atoms with van der Waals surface area (Å²) in [4.78, 5) is 21.2. The van der Waals surface area contributed by atoms with Gasteiger partial charge in [0.15, 0.2) is 0 Å². The van der Waals surface area contributed by atoms with Crippen LogP contribution in [-0.2, 0) is 9.59 Å². The van der Waals surface area contributed by atoms with E-state index in [9.17, 15) is 9.59 Å². The van der Waals surface area contributed by atoms with E-state index in [4.69, 9.17) is 5.73 Å². The quantitative estimate of drug-likeness (QED) is 0.381. The summed E-state index contributed by atoms with van der Waals surface area (Å²) in [5.74, 6) is 0.189. The van der Waals surface area contributed by atoms with Crippen LogP contribution in [0, 0.1) is 17.8 Å². The van der Waals surface area contributed by atoms with Crippen molar-refractivity contribution in [2.24, 2.45) is 28.6 Å². The fraction of sp³-hybridized carbons (Fsp3) is 0.700. The number of amides is 2. The number of nitrogens with zero attached hydrogens (tertiary/aromatic N) is 1. The smallest absolute Gasteiger partial charge is 0.329 e. The van der Waals surface area contributed by atoms with E-state index in [-0.39, 0.29) is 0 Å². The van der Waals surface area contributed by atoms with Crippen molar-refractivity contribution >= 4 is 18.0 Å². The van der Waals surface area contributed by atoms with Crippen molar-refractivity contribution in [1.82, 2.24) is 5.43 Å². The molecule has 3 atom stereocenters. The van der Waals surface area contributed by atoms with E-state index in [1.807, 2.05) is 0 Å². The maximum Gasteiger partial charge on any atom is 0.329 e. The van der Waals surface area contributed by atoms with Gasteiger partial charge in [0.05, 0.1) is 0 Å². The van der Waals surface area contributed by atoms with Crippen molar-refractivity contribution in [2.45, 2.75) is 25.7 Å². The number of hydrogen-bond donors (Lipinski definition) is 2. The Morgan fingerprint density at radius 1 is 1.33 bits per heavy atom. The Morgan fingerprint density at radius 2 is 2.13 bits per heavy atom. The summed E-state index contributed by atoms with van der Waals surface area (Å²) in [6.45, 7) is 0. The Kier molecular flexibility index (Phi) is 2.70. The molecule has 15 heavy (non-hydrogen) atoms. The number of hydrogen-bond acceptors (Lipinski definition) is 3. The van der Waals surface area contributed by atoms with E-state index < -0.39 is 11.8 Å². The van der Waals surface area contributed by atoms with Crippen molar-refractivity contribution in [2.75, 3.05) is 0 Å². The molecule has 2 bridgehead atoms. The van der Waals surface area contributed by atoms with Crippen LogP contribution in [0.5, 0.6) is 0 Å². The van der Waals surface area contributed by atoms with Crippen LogP contribution in [0.4, 0.5) is 0 Å². The molecule has 0 aromatic rings. The molecular formula is C10H15N3O2. The number of carbonyl (C=O) groups is 2. The fourth-order valence-electron chi connectivity index (χ4n) is 2.72. The molecule has 0 radical (unpaired) electrons. The molecule has 2 aliphatic carbocycles. The van der Waals surface area contributed by atoms with Crippen molar-refractivity contribution in [1.29, 1.82) is 0 Å². The molecule has 2 amide bonds. The number of fused-ring (bicyclic) bond motifs is 2. The molecule has 0 spiro atoms. The number of primary amides is 1. The van der Waals surface area contributed by atoms with Gasteiger partial charge >= 0.3 is 11.8 Å². The van der Waals surface area contributed by atoms with Gasteiger partial charge in [-0.3, -0.25) is 9.59 Å². The van der Waals surface area contributed by atoms with E-state index in [0.717, 1.165) is 11.8 Å². The topological polar surface area (TPSA) is 84.5 Å². The van der Waals surface area contributed by atoms with E-state index in [1.54, 1.807) is 6.21 Å². The van der Waals surface area contributed by atoms with Crippen LogP contribution in [0.3, 0.4) is 0 Å². The minimum atomic E-state index is -1.000. The molecule has 2 aliphatic rings. The molecule has 82 valence electrons. The molecule has 5 nitrogen and oxygen atoms in total. The van der Waals surface area contributed by atoms with E-state index >= 15 is 0 Å². The van der Waals surface area contributed by atoms with Crippen LogP contribution in [0.1, 0.15) is 25.7 Å². The number of nitrogens with two attached hydrogens (primary N) is 1. The summed E-state index contributed by atoms with van der Waals surface area (Å²) in [6.07, 6.45) is 6.82. The second kappa shape index (κ2) is 4.00. The largest absolute Gasteiger partial charge is 0.361 e. The van der Waals surface area contributed by atoms with Gasteiger partial charge in [0, 0.05) is 6.21 Å². The lowest BCUT2D eigenvalue weighted by Crippen LogP contribution is -2.33. The van der Waals surface area contributed by atoms with Crippen LogP contribution in [0.25, 0.3) is 0 Å². The van der Waals surface area contributed by atoms with Gasteiger partial charge in [-0.25, -0.2) is 5.43 Å². The summed E-state index contributed by atoms with van der Waals surface area (Å²) >= 11 is 0. The first-order chi connectivity index (χ1) is 7.16. The van der Waals surface area contributed by atoms with Crippen molar-refractivity contribution in [3.05, 3.63) is 0 Å². The minimum Gasteiger partial charge on any atom is -0.361 e. The Balaban J connectivity index is 1.80. The third-order valence-corrected chi connectivity index (χ3v) is 3.45. The minimum absolute atomic E-state index is 0.469. The molecule has 0 aliphatic heterocycles. The molecule has 3 unspecified atom stereocenters. The normalized spacial score (nSPS) is 33.5. The lowest BCUT2D eigenvalue weighted by Gasteiger charge is -2.16. The van der Waals surface area contributed by atoms with Gasteiger partial charge < -0.3 is 5.73 Å². The van der Waals surface area contributed by atoms with Crippen molar-refractivity contribution in [3.63, 3.8) is 0 Å². The first kappa shape index (κ1) is 10.1. The molecule has 2 rings (SSSR count). The average molecular weight is 209 g/mol. The molecule has 5 heteroatoms. The summed E-state index contributed by atoms with van der Waals surface area (Å²) in [5, 5.41) is 3.77. The number of nitrogens with one attached hydrogen (secondary N) is 1. The van der Waals surface area contributed by atoms with E-state index in [0.29, 0.717) is 5.92 Å². The molecule has 3 N–H and O–H groups in total. The van der Waals surface area contributed by atoms with Crippen LogP contribution in [0.2, 0.25) is 0 Å². The molecule has 0 heterocycles. The van der Waals surface area contributed by atoms with Gasteiger partial charge in [-0.05, 0) is 37.0 Å². The van der Waals surface area contributed by atoms with Crippen LogP contribution < -0.4 is 11.2 Å². The Labute approximate surface area is 88.1 Å². The van der Waals surface area contributed by atoms with Gasteiger partial charge in [-0.2, -0.15) is 5.10 Å². The number of hydrazone groups is 1. The van der Waals surface area contributed by atoms with Crippen LogP contribution >= 0.6 is 0 Å². The van der Waals surface area contributed by atoms with E-state index in [1.165, 1.54) is 25.7 Å². The predicted molar refractivity (Wildman–Crippen MR) is 54.8 cm³/mol. The predicted octanol–water partition coefficient (Wildman–Crippen LogP) is 0.00990. The van der Waals surface area contributed by atoms with Gasteiger partial charge in [0.25, 0.3) is 0 Å². The first-order valence-electron chi connectivity index (χ1n) is 5.29. The standard InChI is InChI=1S/C10H15N3O2/c11-9(14)10(15)13-12-5-8-4-6-1-2-7(8)3-6/h5-8H,1-4H2,(H2,11,14)(H,13,15)/b12-5+. The lowest BCUT2D eigenvalue weighted by atomic mass is 9.90. The third-order valence-electron chi connectivity index (χ3n) is 3.45. The lowest BCUT2D eigenvalue weighted by molar-refractivity contribution is -0.137. The van der Waals surface area contributed by atoms with Crippen LogP contribution in [0.15, 0.2) is 5.10 Å². The van der Waals surface area contributed by atoms with Gasteiger partial charge in [-0.1, -0.05) is 6.42 Å². The van der Waals surface area contributed by atoms with Crippen LogP contribution in [-0.4, -0.2) is 18.0 Å². The average Bonchev–Trinajstić information content (AvgIpc) is 2.78. The SMILES string of the molecule is NC(=O)C(=O)N/N=C/C1CC2CCC1C2. The number of carbonyl (C=O) groups excluding carboxylic acids is 2. The highest BCUT2D eigenvalue weighted by atomic mass is 16.2. The third kappa shape index (κ3) is 2.16. The summed E-state index contributed by atoms with van der Waals surface area (Å²) in [6, 6.07) is 0. The summed E-state index contributed by atoms with van der Waals surface area (Å²) < 4.78 is 0. The molecule has 0 aromatic carbocycles. The van der Waals surface area contributed by atoms with Crippen molar-refractivity contribution < 1.29 is 9.59 Å². The molecule has 2 fully saturated rings. The zero-order valence-electron chi connectivity index (χ0n) is 8.48. The fourth-order valence-corrected chi connectivity index (χ4v) is 2.72. The zero-order chi connectivity index (χ0) is 10.8. The second-order valence-electron chi connectivity index (χ2n) is 4.42. The van der Waals surface area contributed by atoms with Gasteiger partial charge in [-0.15, -0.1) is 0 Å². The molecule has 0 saturated heterocycles. The highest BCUT2D eigenvalue weighted by molar-refractivity contribution is 6.34. The maximum absolute atomic E-state index is 10.8. The van der Waals surface area contributed by atoms with Gasteiger partial charge in [0.2, 0.25) is 0 Å². The van der Waals surface area contributed by atoms with Gasteiger partial charge in [0.1, 0.15) is 0 Å². The Bertz CT molecular complexity index is 314. The highest BCUT2D eigenvalue weighted by Crippen LogP contribution is 2.47. The second-order valence-corrected chi connectivity index (χ2v) is 4.42. The number of rotatable bonds is 2. The summed E-state index contributed by atoms with van der Waals surface area (Å²) in [5.41, 5.74) is 6.89. The van der Waals surface area contributed by atoms with Crippen molar-refractivity contribution in [3.8, 4) is 0 Å². The Morgan fingerprint density at radius 3 is 2.67 bits per heavy atom. The maximum atomic E-state index is 10.8. The Hall–Kier alpha value is -1.39. The zero-order valence-corrected chi connectivity index (χ0v) is 8.48. The highest BCUT2D eigenvalue weighted by Gasteiger charge is 2.38. The monoisotopic (exact) mass is 209 g/mol. The molecular weight excluding hydrogens is 194 g/mol. The summed E-state index contributed by atoms with van der Waals surface area (Å²) in [7, 11) is 0.